The van der Waals surface area contributed by atoms with E-state index in [0.29, 0.717) is 28.5 Å². The topological polar surface area (TPSA) is 74.2 Å². The molecular formula is C20H16ClN3O2. The third kappa shape index (κ3) is 3.14. The first-order valence-electron chi connectivity index (χ1n) is 8.18. The fraction of sp³-hybridized carbons (Fsp3) is 0.100. The van der Waals surface area contributed by atoms with Crippen LogP contribution in [0.1, 0.15) is 11.7 Å². The zero-order valence-corrected chi connectivity index (χ0v) is 14.6. The van der Waals surface area contributed by atoms with Gasteiger partial charge >= 0.3 is 0 Å². The van der Waals surface area contributed by atoms with E-state index in [2.05, 4.69) is 10.1 Å². The lowest BCUT2D eigenvalue weighted by Crippen LogP contribution is -2.18. The lowest BCUT2D eigenvalue weighted by Gasteiger charge is -2.15. The van der Waals surface area contributed by atoms with Gasteiger partial charge in [0.1, 0.15) is 11.5 Å². The number of nitrogens with zero attached hydrogens (tertiary/aromatic N) is 2. The predicted octanol–water partition coefficient (Wildman–Crippen LogP) is 4.62. The summed E-state index contributed by atoms with van der Waals surface area (Å²) in [4.78, 5) is 4.33. The first-order chi connectivity index (χ1) is 12.8. The van der Waals surface area contributed by atoms with Crippen molar-refractivity contribution in [3.8, 4) is 17.0 Å². The Bertz CT molecular complexity index is 1030. The normalized spacial score (nSPS) is 12.2. The molecule has 0 saturated carbocycles. The summed E-state index contributed by atoms with van der Waals surface area (Å²) < 4.78 is 11.3. The van der Waals surface area contributed by atoms with Crippen LogP contribution in [0, 0.1) is 0 Å². The molecule has 0 aliphatic carbocycles. The maximum atomic E-state index is 6.30. The Kier molecular flexibility index (Phi) is 4.56. The Morgan fingerprint density at radius 1 is 1.08 bits per heavy atom. The quantitative estimate of drug-likeness (QED) is 0.558. The standard InChI is InChI=1S/C20H16ClN3O2/c21-17-9-5-4-8-15(17)14-10-16-19(23-12-14)26-24-20(16)25-18(11-22)13-6-2-1-3-7-13/h1-10,12,18H,11,22H2. The highest BCUT2D eigenvalue weighted by atomic mass is 35.5. The van der Waals surface area contributed by atoms with Crippen LogP contribution in [0.4, 0.5) is 0 Å². The Morgan fingerprint density at radius 3 is 2.62 bits per heavy atom. The van der Waals surface area contributed by atoms with E-state index in [1.54, 1.807) is 6.20 Å². The summed E-state index contributed by atoms with van der Waals surface area (Å²) in [6.07, 6.45) is 1.38. The summed E-state index contributed by atoms with van der Waals surface area (Å²) in [7, 11) is 0. The van der Waals surface area contributed by atoms with Gasteiger partial charge in [0.15, 0.2) is 0 Å². The molecule has 2 aromatic carbocycles. The van der Waals surface area contributed by atoms with Gasteiger partial charge in [0, 0.05) is 28.9 Å². The molecule has 26 heavy (non-hydrogen) atoms. The zero-order valence-electron chi connectivity index (χ0n) is 13.8. The Hall–Kier alpha value is -2.89. The number of hydrogen-bond acceptors (Lipinski definition) is 5. The van der Waals surface area contributed by atoms with Crippen molar-refractivity contribution in [2.75, 3.05) is 6.54 Å². The first kappa shape index (κ1) is 16.6. The molecule has 2 heterocycles. The van der Waals surface area contributed by atoms with Gasteiger partial charge in [-0.1, -0.05) is 60.1 Å². The van der Waals surface area contributed by atoms with Crippen molar-refractivity contribution in [3.63, 3.8) is 0 Å². The number of ether oxygens (including phenoxy) is 1. The number of hydrogen-bond donors (Lipinski definition) is 1. The van der Waals surface area contributed by atoms with Crippen LogP contribution < -0.4 is 10.5 Å². The van der Waals surface area contributed by atoms with E-state index in [9.17, 15) is 0 Å². The van der Waals surface area contributed by atoms with Gasteiger partial charge in [0.05, 0.1) is 0 Å². The highest BCUT2D eigenvalue weighted by Crippen LogP contribution is 2.33. The number of fused-ring (bicyclic) bond motifs is 1. The molecule has 0 spiro atoms. The molecule has 2 N–H and O–H groups in total. The second kappa shape index (κ2) is 7.15. The fourth-order valence-corrected chi connectivity index (χ4v) is 3.04. The third-order valence-corrected chi connectivity index (χ3v) is 4.45. The van der Waals surface area contributed by atoms with Gasteiger partial charge in [-0.25, -0.2) is 4.98 Å². The second-order valence-corrected chi connectivity index (χ2v) is 6.20. The average molecular weight is 366 g/mol. The van der Waals surface area contributed by atoms with Crippen LogP contribution in [0.15, 0.2) is 71.4 Å². The minimum atomic E-state index is -0.325. The number of rotatable bonds is 5. The van der Waals surface area contributed by atoms with Crippen LogP contribution in [-0.4, -0.2) is 16.7 Å². The minimum absolute atomic E-state index is 0.315. The summed E-state index contributed by atoms with van der Waals surface area (Å²) >= 11 is 6.30. The van der Waals surface area contributed by atoms with Gasteiger partial charge in [0.2, 0.25) is 0 Å². The van der Waals surface area contributed by atoms with E-state index < -0.39 is 0 Å². The van der Waals surface area contributed by atoms with Crippen LogP contribution in [0.2, 0.25) is 5.02 Å². The van der Waals surface area contributed by atoms with Crippen molar-refractivity contribution in [3.05, 3.63) is 77.4 Å². The molecule has 1 unspecified atom stereocenters. The van der Waals surface area contributed by atoms with Gasteiger partial charge in [-0.05, 0) is 22.9 Å². The van der Waals surface area contributed by atoms with Crippen molar-refractivity contribution in [1.29, 1.82) is 0 Å². The molecule has 5 nitrogen and oxygen atoms in total. The summed E-state index contributed by atoms with van der Waals surface area (Å²) in [6, 6.07) is 19.3. The van der Waals surface area contributed by atoms with E-state index in [0.717, 1.165) is 16.7 Å². The number of halogens is 1. The molecule has 0 aliphatic heterocycles. The maximum Gasteiger partial charge on any atom is 0.264 e. The van der Waals surface area contributed by atoms with E-state index in [1.807, 2.05) is 60.7 Å². The van der Waals surface area contributed by atoms with Gasteiger partial charge in [0.25, 0.3) is 11.6 Å². The minimum Gasteiger partial charge on any atom is -0.465 e. The van der Waals surface area contributed by atoms with Crippen LogP contribution in [0.5, 0.6) is 5.88 Å². The lowest BCUT2D eigenvalue weighted by molar-refractivity contribution is 0.196. The molecule has 2 aromatic heterocycles. The van der Waals surface area contributed by atoms with Gasteiger partial charge < -0.3 is 15.0 Å². The Labute approximate surface area is 155 Å². The number of pyridine rings is 1. The first-order valence-corrected chi connectivity index (χ1v) is 8.56. The van der Waals surface area contributed by atoms with Crippen LogP contribution >= 0.6 is 11.6 Å². The van der Waals surface area contributed by atoms with E-state index in [4.69, 9.17) is 26.6 Å². The smallest absolute Gasteiger partial charge is 0.264 e. The zero-order chi connectivity index (χ0) is 17.9. The van der Waals surface area contributed by atoms with E-state index in [-0.39, 0.29) is 6.10 Å². The van der Waals surface area contributed by atoms with E-state index in [1.165, 1.54) is 0 Å². The second-order valence-electron chi connectivity index (χ2n) is 5.80. The number of benzene rings is 2. The summed E-state index contributed by atoms with van der Waals surface area (Å²) in [5.41, 5.74) is 9.01. The lowest BCUT2D eigenvalue weighted by atomic mass is 10.1. The SMILES string of the molecule is NCC(Oc1noc2ncc(-c3ccccc3Cl)cc12)c1ccccc1. The molecule has 130 valence electrons. The van der Waals surface area contributed by atoms with Crippen molar-refractivity contribution in [2.24, 2.45) is 5.73 Å². The van der Waals surface area contributed by atoms with Gasteiger partial charge in [-0.2, -0.15) is 0 Å². The summed E-state index contributed by atoms with van der Waals surface area (Å²) in [5, 5.41) is 5.34. The molecule has 4 aromatic rings. The molecule has 0 bridgehead atoms. The number of aromatic nitrogens is 2. The molecule has 0 radical (unpaired) electrons. The molecular weight excluding hydrogens is 350 g/mol. The highest BCUT2D eigenvalue weighted by molar-refractivity contribution is 6.33. The largest absolute Gasteiger partial charge is 0.465 e. The molecule has 0 amide bonds. The van der Waals surface area contributed by atoms with Crippen molar-refractivity contribution in [1.82, 2.24) is 10.1 Å². The molecule has 1 atom stereocenters. The van der Waals surface area contributed by atoms with Crippen molar-refractivity contribution in [2.45, 2.75) is 6.10 Å². The average Bonchev–Trinajstić information content (AvgIpc) is 3.09. The molecule has 6 heteroatoms. The molecule has 0 aliphatic rings. The predicted molar refractivity (Wildman–Crippen MR) is 101 cm³/mol. The molecule has 4 rings (SSSR count). The van der Waals surface area contributed by atoms with Crippen molar-refractivity contribution >= 4 is 22.7 Å². The highest BCUT2D eigenvalue weighted by Gasteiger charge is 2.18. The van der Waals surface area contributed by atoms with Crippen LogP contribution in [0.3, 0.4) is 0 Å². The van der Waals surface area contributed by atoms with Gasteiger partial charge in [-0.3, -0.25) is 0 Å². The van der Waals surface area contributed by atoms with Gasteiger partial charge in [-0.15, -0.1) is 0 Å². The fourth-order valence-electron chi connectivity index (χ4n) is 2.79. The van der Waals surface area contributed by atoms with Crippen molar-refractivity contribution < 1.29 is 9.26 Å². The van der Waals surface area contributed by atoms with Crippen LogP contribution in [-0.2, 0) is 0 Å². The van der Waals surface area contributed by atoms with Crippen LogP contribution in [0.25, 0.3) is 22.2 Å². The molecule has 0 saturated heterocycles. The third-order valence-electron chi connectivity index (χ3n) is 4.12. The number of nitrogens with two attached hydrogens (primary N) is 1. The molecule has 0 fully saturated rings. The summed E-state index contributed by atoms with van der Waals surface area (Å²) in [5.74, 6) is 0.362. The maximum absolute atomic E-state index is 6.30. The summed E-state index contributed by atoms with van der Waals surface area (Å²) in [6.45, 7) is 0.315. The Balaban J connectivity index is 1.72. The Morgan fingerprint density at radius 2 is 1.85 bits per heavy atom. The monoisotopic (exact) mass is 365 g/mol. The van der Waals surface area contributed by atoms with E-state index >= 15 is 0 Å².